The molecule has 0 aromatic heterocycles. The lowest BCUT2D eigenvalue weighted by Crippen LogP contribution is -2.08. The fraction of sp³-hybridized carbons (Fsp3) is 0.200. The van der Waals surface area contributed by atoms with Gasteiger partial charge >= 0.3 is 0 Å². The third-order valence-electron chi connectivity index (χ3n) is 3.14. The number of nitrogens with one attached hydrogen (secondary N) is 1. The van der Waals surface area contributed by atoms with Crippen molar-refractivity contribution in [3.05, 3.63) is 69.8 Å². The topological polar surface area (TPSA) is 75.4 Å². The average molecular weight is 272 g/mol. The molecule has 0 aliphatic heterocycles. The number of rotatable bonds is 5. The van der Waals surface area contributed by atoms with E-state index in [1.54, 1.807) is 12.1 Å². The van der Waals surface area contributed by atoms with Crippen molar-refractivity contribution in [1.82, 2.24) is 0 Å². The van der Waals surface area contributed by atoms with Crippen LogP contribution in [0.2, 0.25) is 0 Å². The molecule has 0 radical (unpaired) electrons. The molecular weight excluding hydrogens is 256 g/mol. The van der Waals surface area contributed by atoms with Crippen LogP contribution in [0.15, 0.2) is 48.5 Å². The normalized spacial score (nSPS) is 11.9. The summed E-state index contributed by atoms with van der Waals surface area (Å²) in [6.45, 7) is 1.87. The SMILES string of the molecule is CC(Nc1ccccc1CO)c1cccc([N+](=O)[O-])c1. The lowest BCUT2D eigenvalue weighted by Gasteiger charge is -2.17. The predicted molar refractivity (Wildman–Crippen MR) is 77.5 cm³/mol. The molecule has 0 heterocycles. The Bertz CT molecular complexity index is 614. The van der Waals surface area contributed by atoms with Gasteiger partial charge in [0.05, 0.1) is 11.5 Å². The first-order valence-corrected chi connectivity index (χ1v) is 6.31. The minimum Gasteiger partial charge on any atom is -0.392 e. The molecule has 0 fully saturated rings. The van der Waals surface area contributed by atoms with E-state index in [0.717, 1.165) is 16.8 Å². The van der Waals surface area contributed by atoms with E-state index in [0.29, 0.717) is 0 Å². The van der Waals surface area contributed by atoms with Crippen molar-refractivity contribution in [3.8, 4) is 0 Å². The number of benzene rings is 2. The molecule has 0 saturated heterocycles. The molecule has 1 atom stereocenters. The molecule has 2 rings (SSSR count). The highest BCUT2D eigenvalue weighted by molar-refractivity contribution is 5.52. The fourth-order valence-electron chi connectivity index (χ4n) is 2.02. The molecule has 1 unspecified atom stereocenters. The number of nitro groups is 1. The van der Waals surface area contributed by atoms with Crippen molar-refractivity contribution in [2.75, 3.05) is 5.32 Å². The van der Waals surface area contributed by atoms with Crippen molar-refractivity contribution in [3.63, 3.8) is 0 Å². The smallest absolute Gasteiger partial charge is 0.269 e. The average Bonchev–Trinajstić information content (AvgIpc) is 2.48. The molecule has 2 aromatic rings. The van der Waals surface area contributed by atoms with Crippen molar-refractivity contribution in [2.24, 2.45) is 0 Å². The maximum atomic E-state index is 10.8. The van der Waals surface area contributed by atoms with Gasteiger partial charge < -0.3 is 10.4 Å². The summed E-state index contributed by atoms with van der Waals surface area (Å²) in [5.41, 5.74) is 2.53. The van der Waals surface area contributed by atoms with E-state index >= 15 is 0 Å². The first-order chi connectivity index (χ1) is 9.61. The monoisotopic (exact) mass is 272 g/mol. The van der Waals surface area contributed by atoms with Gasteiger partial charge in [-0.15, -0.1) is 0 Å². The summed E-state index contributed by atoms with van der Waals surface area (Å²) < 4.78 is 0. The molecule has 104 valence electrons. The number of aliphatic hydroxyl groups excluding tert-OH is 1. The summed E-state index contributed by atoms with van der Waals surface area (Å²) in [6, 6.07) is 13.9. The van der Waals surface area contributed by atoms with E-state index in [-0.39, 0.29) is 18.3 Å². The molecule has 0 spiro atoms. The van der Waals surface area contributed by atoms with Crippen LogP contribution < -0.4 is 5.32 Å². The second-order valence-electron chi connectivity index (χ2n) is 4.53. The van der Waals surface area contributed by atoms with Gasteiger partial charge in [-0.25, -0.2) is 0 Å². The Hall–Kier alpha value is -2.40. The summed E-state index contributed by atoms with van der Waals surface area (Å²) in [5.74, 6) is 0. The van der Waals surface area contributed by atoms with Gasteiger partial charge in [0.15, 0.2) is 0 Å². The largest absolute Gasteiger partial charge is 0.392 e. The molecule has 0 bridgehead atoms. The molecule has 5 nitrogen and oxygen atoms in total. The Kier molecular flexibility index (Phi) is 4.32. The van der Waals surface area contributed by atoms with Crippen molar-refractivity contribution in [2.45, 2.75) is 19.6 Å². The maximum absolute atomic E-state index is 10.8. The Morgan fingerprint density at radius 2 is 2.00 bits per heavy atom. The quantitative estimate of drug-likeness (QED) is 0.647. The van der Waals surface area contributed by atoms with Gasteiger partial charge in [-0.1, -0.05) is 30.3 Å². The van der Waals surface area contributed by atoms with Crippen LogP contribution in [-0.4, -0.2) is 10.0 Å². The number of non-ortho nitro benzene ring substituents is 1. The van der Waals surface area contributed by atoms with Crippen molar-refractivity contribution in [1.29, 1.82) is 0 Å². The Balaban J connectivity index is 2.21. The Morgan fingerprint density at radius 1 is 1.25 bits per heavy atom. The van der Waals surface area contributed by atoms with E-state index in [4.69, 9.17) is 0 Å². The van der Waals surface area contributed by atoms with E-state index < -0.39 is 4.92 Å². The highest BCUT2D eigenvalue weighted by Crippen LogP contribution is 2.24. The van der Waals surface area contributed by atoms with Crippen LogP contribution in [0.4, 0.5) is 11.4 Å². The number of nitro benzene ring substituents is 1. The van der Waals surface area contributed by atoms with Crippen LogP contribution >= 0.6 is 0 Å². The van der Waals surface area contributed by atoms with Gasteiger partial charge in [0, 0.05) is 29.4 Å². The highest BCUT2D eigenvalue weighted by Gasteiger charge is 2.11. The van der Waals surface area contributed by atoms with Crippen LogP contribution in [0.25, 0.3) is 0 Å². The summed E-state index contributed by atoms with van der Waals surface area (Å²) in [5, 5.41) is 23.3. The molecular formula is C15H16N2O3. The van der Waals surface area contributed by atoms with Crippen LogP contribution in [0.3, 0.4) is 0 Å². The molecule has 0 aliphatic carbocycles. The van der Waals surface area contributed by atoms with Gasteiger partial charge in [0.1, 0.15) is 0 Å². The van der Waals surface area contributed by atoms with Crippen LogP contribution in [0, 0.1) is 10.1 Å². The summed E-state index contributed by atoms with van der Waals surface area (Å²) >= 11 is 0. The fourth-order valence-corrected chi connectivity index (χ4v) is 2.02. The van der Waals surface area contributed by atoms with Crippen LogP contribution in [0.5, 0.6) is 0 Å². The second kappa shape index (κ2) is 6.16. The third-order valence-corrected chi connectivity index (χ3v) is 3.14. The Morgan fingerprint density at radius 3 is 2.70 bits per heavy atom. The van der Waals surface area contributed by atoms with E-state index in [1.165, 1.54) is 6.07 Å². The van der Waals surface area contributed by atoms with E-state index in [2.05, 4.69) is 5.32 Å². The number of para-hydroxylation sites is 1. The predicted octanol–water partition coefficient (Wildman–Crippen LogP) is 3.26. The number of anilines is 1. The molecule has 0 amide bonds. The van der Waals surface area contributed by atoms with Crippen LogP contribution in [-0.2, 0) is 6.61 Å². The third kappa shape index (κ3) is 3.13. The number of nitrogens with zero attached hydrogens (tertiary/aromatic N) is 1. The molecule has 0 saturated carbocycles. The molecule has 2 N–H and O–H groups in total. The van der Waals surface area contributed by atoms with E-state index in [9.17, 15) is 15.2 Å². The zero-order valence-electron chi connectivity index (χ0n) is 11.1. The first kappa shape index (κ1) is 14.0. The highest BCUT2D eigenvalue weighted by atomic mass is 16.6. The van der Waals surface area contributed by atoms with Gasteiger partial charge in [-0.3, -0.25) is 10.1 Å². The lowest BCUT2D eigenvalue weighted by atomic mass is 10.1. The van der Waals surface area contributed by atoms with E-state index in [1.807, 2.05) is 37.3 Å². The van der Waals surface area contributed by atoms with Crippen molar-refractivity contribution < 1.29 is 10.0 Å². The molecule has 5 heteroatoms. The molecule has 2 aromatic carbocycles. The zero-order chi connectivity index (χ0) is 14.5. The van der Waals surface area contributed by atoms with Gasteiger partial charge in [0.2, 0.25) is 0 Å². The van der Waals surface area contributed by atoms with Gasteiger partial charge in [-0.2, -0.15) is 0 Å². The van der Waals surface area contributed by atoms with Crippen LogP contribution in [0.1, 0.15) is 24.1 Å². The number of hydrogen-bond acceptors (Lipinski definition) is 4. The van der Waals surface area contributed by atoms with Crippen molar-refractivity contribution >= 4 is 11.4 Å². The standard InChI is InChI=1S/C15H16N2O3/c1-11(12-6-4-7-14(9-12)17(19)20)16-15-8-3-2-5-13(15)10-18/h2-9,11,16,18H,10H2,1H3. The second-order valence-corrected chi connectivity index (χ2v) is 4.53. The summed E-state index contributed by atoms with van der Waals surface area (Å²) in [7, 11) is 0. The summed E-state index contributed by atoms with van der Waals surface area (Å²) in [4.78, 5) is 10.4. The van der Waals surface area contributed by atoms with Gasteiger partial charge in [0.25, 0.3) is 5.69 Å². The first-order valence-electron chi connectivity index (χ1n) is 6.31. The summed E-state index contributed by atoms with van der Waals surface area (Å²) in [6.07, 6.45) is 0. The molecule has 0 aliphatic rings. The minimum atomic E-state index is -0.405. The van der Waals surface area contributed by atoms with Gasteiger partial charge in [-0.05, 0) is 18.6 Å². The zero-order valence-corrected chi connectivity index (χ0v) is 11.1. The molecule has 20 heavy (non-hydrogen) atoms. The maximum Gasteiger partial charge on any atom is 0.269 e. The lowest BCUT2D eigenvalue weighted by molar-refractivity contribution is -0.384. The number of aliphatic hydroxyl groups is 1. The minimum absolute atomic E-state index is 0.0508. The Labute approximate surface area is 117 Å². The number of hydrogen-bond donors (Lipinski definition) is 2.